The second-order valence-corrected chi connectivity index (χ2v) is 15.3. The number of nitrogens with zero attached hydrogens (tertiary/aromatic N) is 2. The Bertz CT molecular complexity index is 3110. The molecule has 10 aromatic rings. The van der Waals surface area contributed by atoms with Gasteiger partial charge in [-0.25, -0.2) is 9.97 Å². The quantitative estimate of drug-likeness (QED) is 0.162. The van der Waals surface area contributed by atoms with Gasteiger partial charge in [-0.05, 0) is 103 Å². The number of aromatic nitrogens is 2. The molecule has 0 aliphatic heterocycles. The van der Waals surface area contributed by atoms with Gasteiger partial charge in [0.2, 0.25) is 0 Å². The molecule has 0 N–H and O–H groups in total. The van der Waals surface area contributed by atoms with Crippen molar-refractivity contribution in [2.45, 2.75) is 5.41 Å². The van der Waals surface area contributed by atoms with Crippen molar-refractivity contribution in [2.24, 2.45) is 0 Å². The van der Waals surface area contributed by atoms with Crippen LogP contribution in [0, 0.1) is 0 Å². The highest BCUT2D eigenvalue weighted by atomic mass is 14.9. The molecule has 1 heterocycles. The van der Waals surface area contributed by atoms with Gasteiger partial charge in [0.15, 0.2) is 5.82 Å². The number of para-hydroxylation sites is 1. The van der Waals surface area contributed by atoms with E-state index in [-0.39, 0.29) is 0 Å². The van der Waals surface area contributed by atoms with Gasteiger partial charge in [-0.1, -0.05) is 194 Å². The first kappa shape index (κ1) is 34.6. The first-order valence-corrected chi connectivity index (χ1v) is 20.2. The minimum atomic E-state index is -0.458. The largest absolute Gasteiger partial charge is 0.228 e. The van der Waals surface area contributed by atoms with Gasteiger partial charge in [-0.2, -0.15) is 0 Å². The molecule has 11 rings (SSSR count). The molecule has 2 nitrogen and oxygen atoms in total. The minimum absolute atomic E-state index is 0.458. The van der Waals surface area contributed by atoms with Crippen LogP contribution in [0.5, 0.6) is 0 Å². The molecule has 59 heavy (non-hydrogen) atoms. The second kappa shape index (κ2) is 14.4. The van der Waals surface area contributed by atoms with Crippen molar-refractivity contribution in [3.05, 3.63) is 253 Å². The summed E-state index contributed by atoms with van der Waals surface area (Å²) in [5.41, 5.74) is 18.1. The van der Waals surface area contributed by atoms with Gasteiger partial charge in [0, 0.05) is 16.5 Å². The number of rotatable bonds is 7. The maximum Gasteiger partial charge on any atom is 0.160 e. The molecule has 2 heteroatoms. The zero-order chi connectivity index (χ0) is 39.2. The number of hydrogen-bond acceptors (Lipinski definition) is 2. The van der Waals surface area contributed by atoms with Crippen LogP contribution in [0.4, 0.5) is 0 Å². The van der Waals surface area contributed by atoms with Gasteiger partial charge in [0.25, 0.3) is 0 Å². The Hall–Kier alpha value is -7.68. The lowest BCUT2D eigenvalue weighted by atomic mass is 9.67. The Morgan fingerprint density at radius 1 is 0.288 bits per heavy atom. The molecule has 0 atom stereocenters. The molecule has 0 amide bonds. The zero-order valence-corrected chi connectivity index (χ0v) is 32.3. The van der Waals surface area contributed by atoms with E-state index < -0.39 is 5.41 Å². The SMILES string of the molecule is c1ccc(-c2cc(-c3cccc(-c4cccc(C5(c6ccccc6)c6ccccc6-c6ccccc65)c4)c3)cc(-c3nc(-c4ccccc4)nc4ccccc34)c2)cc1. The smallest absolute Gasteiger partial charge is 0.160 e. The Labute approximate surface area is 344 Å². The highest BCUT2D eigenvalue weighted by molar-refractivity contribution is 5.96. The summed E-state index contributed by atoms with van der Waals surface area (Å²) in [6.45, 7) is 0. The summed E-state index contributed by atoms with van der Waals surface area (Å²) in [4.78, 5) is 10.3. The van der Waals surface area contributed by atoms with Gasteiger partial charge in [-0.15, -0.1) is 0 Å². The van der Waals surface area contributed by atoms with Gasteiger partial charge >= 0.3 is 0 Å². The summed E-state index contributed by atoms with van der Waals surface area (Å²) in [5, 5.41) is 1.02. The standard InChI is InChI=1S/C57H38N2/c1-4-18-39(19-5-1)44-35-45(37-46(36-44)55-51-30-12-15-33-54(51)58-56(59-55)40-20-6-2-7-21-40)42-23-16-22-41(34-42)43-24-17-27-48(38-43)57(47-25-8-3-9-26-47)52-31-13-10-28-49(52)50-29-11-14-32-53(50)57/h1-38H. The predicted octanol–water partition coefficient (Wildman–Crippen LogP) is 14.3. The Kier molecular flexibility index (Phi) is 8.41. The summed E-state index contributed by atoms with van der Waals surface area (Å²) in [7, 11) is 0. The minimum Gasteiger partial charge on any atom is -0.228 e. The van der Waals surface area contributed by atoms with E-state index in [9.17, 15) is 0 Å². The lowest BCUT2D eigenvalue weighted by Crippen LogP contribution is -2.28. The van der Waals surface area contributed by atoms with E-state index in [1.165, 1.54) is 38.9 Å². The summed E-state index contributed by atoms with van der Waals surface area (Å²) in [6, 6.07) is 83.2. The molecule has 0 saturated carbocycles. The van der Waals surface area contributed by atoms with Crippen molar-refractivity contribution < 1.29 is 0 Å². The molecule has 0 radical (unpaired) electrons. The highest BCUT2D eigenvalue weighted by Crippen LogP contribution is 2.56. The van der Waals surface area contributed by atoms with E-state index in [4.69, 9.17) is 9.97 Å². The average molecular weight is 751 g/mol. The number of fused-ring (bicyclic) bond motifs is 4. The zero-order valence-electron chi connectivity index (χ0n) is 32.3. The molecule has 0 saturated heterocycles. The fourth-order valence-electron chi connectivity index (χ4n) is 9.26. The third kappa shape index (κ3) is 5.88. The molecule has 1 aliphatic carbocycles. The predicted molar refractivity (Wildman–Crippen MR) is 244 cm³/mol. The second-order valence-electron chi connectivity index (χ2n) is 15.3. The molecule has 9 aromatic carbocycles. The Morgan fingerprint density at radius 3 is 1.44 bits per heavy atom. The van der Waals surface area contributed by atoms with Crippen molar-refractivity contribution >= 4 is 10.9 Å². The van der Waals surface area contributed by atoms with Crippen molar-refractivity contribution in [1.82, 2.24) is 9.97 Å². The molecule has 1 aromatic heterocycles. The van der Waals surface area contributed by atoms with Crippen molar-refractivity contribution in [3.63, 3.8) is 0 Å². The van der Waals surface area contributed by atoms with Crippen LogP contribution < -0.4 is 0 Å². The Balaban J connectivity index is 1.08. The topological polar surface area (TPSA) is 25.8 Å². The first-order valence-electron chi connectivity index (χ1n) is 20.2. The van der Waals surface area contributed by atoms with Crippen LogP contribution in [-0.4, -0.2) is 9.97 Å². The molecule has 0 fully saturated rings. The molecule has 276 valence electrons. The molecule has 0 bridgehead atoms. The molecule has 0 unspecified atom stereocenters. The third-order valence-electron chi connectivity index (χ3n) is 11.9. The summed E-state index contributed by atoms with van der Waals surface area (Å²) < 4.78 is 0. The van der Waals surface area contributed by atoms with Crippen LogP contribution >= 0.6 is 0 Å². The number of hydrogen-bond donors (Lipinski definition) is 0. The van der Waals surface area contributed by atoms with Crippen LogP contribution in [0.2, 0.25) is 0 Å². The van der Waals surface area contributed by atoms with Crippen molar-refractivity contribution in [3.8, 4) is 67.2 Å². The molecular formula is C57H38N2. The van der Waals surface area contributed by atoms with Crippen LogP contribution in [0.15, 0.2) is 231 Å². The number of benzene rings is 9. The van der Waals surface area contributed by atoms with E-state index in [0.29, 0.717) is 5.82 Å². The monoisotopic (exact) mass is 750 g/mol. The normalized spacial score (nSPS) is 12.5. The molecule has 1 aliphatic rings. The molecular weight excluding hydrogens is 713 g/mol. The van der Waals surface area contributed by atoms with Gasteiger partial charge in [-0.3, -0.25) is 0 Å². The summed E-state index contributed by atoms with van der Waals surface area (Å²) >= 11 is 0. The van der Waals surface area contributed by atoms with Crippen molar-refractivity contribution in [2.75, 3.05) is 0 Å². The third-order valence-corrected chi connectivity index (χ3v) is 11.9. The maximum atomic E-state index is 5.28. The Morgan fingerprint density at radius 2 is 0.746 bits per heavy atom. The van der Waals surface area contributed by atoms with Crippen molar-refractivity contribution in [1.29, 1.82) is 0 Å². The van der Waals surface area contributed by atoms with Gasteiger partial charge in [0.1, 0.15) is 0 Å². The lowest BCUT2D eigenvalue weighted by Gasteiger charge is -2.34. The van der Waals surface area contributed by atoms with Crippen LogP contribution in [-0.2, 0) is 5.41 Å². The van der Waals surface area contributed by atoms with Crippen LogP contribution in [0.3, 0.4) is 0 Å². The highest BCUT2D eigenvalue weighted by Gasteiger charge is 2.45. The van der Waals surface area contributed by atoms with Gasteiger partial charge < -0.3 is 0 Å². The maximum absolute atomic E-state index is 5.28. The van der Waals surface area contributed by atoms with E-state index in [1.807, 2.05) is 24.3 Å². The molecule has 0 spiro atoms. The summed E-state index contributed by atoms with van der Waals surface area (Å²) in [6.07, 6.45) is 0. The van der Waals surface area contributed by atoms with Crippen LogP contribution in [0.25, 0.3) is 78.1 Å². The first-order chi connectivity index (χ1) is 29.2. The van der Waals surface area contributed by atoms with E-state index in [1.54, 1.807) is 0 Å². The average Bonchev–Trinajstić information content (AvgIpc) is 3.63. The lowest BCUT2D eigenvalue weighted by molar-refractivity contribution is 0.769. The van der Waals surface area contributed by atoms with E-state index in [2.05, 4.69) is 206 Å². The van der Waals surface area contributed by atoms with Crippen LogP contribution in [0.1, 0.15) is 22.3 Å². The van der Waals surface area contributed by atoms with E-state index >= 15 is 0 Å². The van der Waals surface area contributed by atoms with E-state index in [0.717, 1.165) is 55.5 Å². The summed E-state index contributed by atoms with van der Waals surface area (Å²) in [5.74, 6) is 0.716. The fourth-order valence-corrected chi connectivity index (χ4v) is 9.26. The fraction of sp³-hybridized carbons (Fsp3) is 0.0175. The van der Waals surface area contributed by atoms with Gasteiger partial charge in [0.05, 0.1) is 16.6 Å².